The summed E-state index contributed by atoms with van der Waals surface area (Å²) in [6.07, 6.45) is -4.82. The Balaban J connectivity index is 2.13. The lowest BCUT2D eigenvalue weighted by Gasteiger charge is -2.11. The minimum Gasteiger partial charge on any atom is -0.504 e. The molecule has 1 amide bonds. The first-order valence-electron chi connectivity index (χ1n) is 6.08. The number of halogens is 3. The van der Waals surface area contributed by atoms with Gasteiger partial charge in [-0.3, -0.25) is 4.79 Å². The van der Waals surface area contributed by atoms with E-state index in [0.29, 0.717) is 0 Å². The molecule has 0 spiro atoms. The second-order valence-corrected chi connectivity index (χ2v) is 4.36. The Kier molecular flexibility index (Phi) is 4.21. The quantitative estimate of drug-likeness (QED) is 0.649. The number of carbonyl (C=O) groups is 1. The highest BCUT2D eigenvalue weighted by atomic mass is 19.4. The van der Waals surface area contributed by atoms with Gasteiger partial charge in [-0.2, -0.15) is 0 Å². The molecule has 2 aromatic carbocycles. The number of rotatable bonds is 3. The zero-order valence-corrected chi connectivity index (χ0v) is 11.3. The van der Waals surface area contributed by atoms with Crippen molar-refractivity contribution in [3.63, 3.8) is 0 Å². The lowest BCUT2D eigenvalue weighted by molar-refractivity contribution is -0.274. The molecule has 0 heterocycles. The number of hydrogen-bond donors (Lipinski definition) is 4. The van der Waals surface area contributed by atoms with E-state index in [1.807, 2.05) is 0 Å². The van der Waals surface area contributed by atoms with Gasteiger partial charge in [-0.1, -0.05) is 0 Å². The van der Waals surface area contributed by atoms with Gasteiger partial charge in [-0.05, 0) is 36.4 Å². The fraction of sp³-hybridized carbons (Fsp3) is 0.0714. The molecule has 9 heteroatoms. The average Bonchev–Trinajstić information content (AvgIpc) is 2.45. The molecular weight excluding hydrogens is 319 g/mol. The first-order valence-corrected chi connectivity index (χ1v) is 6.08. The van der Waals surface area contributed by atoms with Crippen LogP contribution in [0, 0.1) is 0 Å². The van der Waals surface area contributed by atoms with Crippen LogP contribution in [0.1, 0.15) is 10.4 Å². The van der Waals surface area contributed by atoms with Crippen molar-refractivity contribution in [2.75, 3.05) is 5.32 Å². The fourth-order valence-corrected chi connectivity index (χ4v) is 1.69. The lowest BCUT2D eigenvalue weighted by atomic mass is 10.1. The maximum atomic E-state index is 12.0. The monoisotopic (exact) mass is 329 g/mol. The molecule has 0 unspecified atom stereocenters. The highest BCUT2D eigenvalue weighted by Gasteiger charge is 2.31. The standard InChI is InChI=1S/C14H10F3NO5/c15-14(16,17)23-8-3-1-7(2-4-8)18-13(22)9-5-6-10(19)12(21)11(9)20/h1-6,19-21H,(H,18,22). The van der Waals surface area contributed by atoms with Gasteiger partial charge in [0.2, 0.25) is 5.75 Å². The molecule has 23 heavy (non-hydrogen) atoms. The predicted molar refractivity (Wildman–Crippen MR) is 72.5 cm³/mol. The van der Waals surface area contributed by atoms with Crippen molar-refractivity contribution in [3.8, 4) is 23.0 Å². The van der Waals surface area contributed by atoms with E-state index in [9.17, 15) is 33.3 Å². The normalized spacial score (nSPS) is 11.1. The van der Waals surface area contributed by atoms with Crippen molar-refractivity contribution in [1.29, 1.82) is 0 Å². The van der Waals surface area contributed by atoms with Gasteiger partial charge in [0.05, 0.1) is 5.56 Å². The summed E-state index contributed by atoms with van der Waals surface area (Å²) in [4.78, 5) is 11.9. The number of benzene rings is 2. The van der Waals surface area contributed by atoms with Crippen LogP contribution in [0.4, 0.5) is 18.9 Å². The molecule has 2 rings (SSSR count). The number of anilines is 1. The molecule has 0 aliphatic carbocycles. The van der Waals surface area contributed by atoms with Crippen LogP contribution in [0.2, 0.25) is 0 Å². The summed E-state index contributed by atoms with van der Waals surface area (Å²) in [6, 6.07) is 6.40. The number of aromatic hydroxyl groups is 3. The number of alkyl halides is 3. The Hall–Kier alpha value is -3.10. The first kappa shape index (κ1) is 16.3. The Labute approximate surface area is 127 Å². The van der Waals surface area contributed by atoms with Crippen molar-refractivity contribution in [2.45, 2.75) is 6.36 Å². The maximum Gasteiger partial charge on any atom is 0.573 e. The van der Waals surface area contributed by atoms with Crippen LogP contribution in [-0.4, -0.2) is 27.6 Å². The molecule has 0 aliphatic heterocycles. The number of carbonyl (C=O) groups excluding carboxylic acids is 1. The summed E-state index contributed by atoms with van der Waals surface area (Å²) in [5, 5.41) is 30.4. The minimum absolute atomic E-state index is 0.136. The Morgan fingerprint density at radius 3 is 2.13 bits per heavy atom. The van der Waals surface area contributed by atoms with Gasteiger partial charge in [0.25, 0.3) is 5.91 Å². The fourth-order valence-electron chi connectivity index (χ4n) is 1.69. The van der Waals surface area contributed by atoms with E-state index in [0.717, 1.165) is 36.4 Å². The van der Waals surface area contributed by atoms with Crippen LogP contribution in [0.3, 0.4) is 0 Å². The summed E-state index contributed by atoms with van der Waals surface area (Å²) < 4.78 is 39.8. The second-order valence-electron chi connectivity index (χ2n) is 4.36. The van der Waals surface area contributed by atoms with E-state index in [4.69, 9.17) is 0 Å². The molecule has 0 saturated carbocycles. The van der Waals surface area contributed by atoms with Crippen molar-refractivity contribution < 1.29 is 38.0 Å². The molecule has 0 fully saturated rings. The third-order valence-electron chi connectivity index (χ3n) is 2.72. The molecule has 0 radical (unpaired) electrons. The van der Waals surface area contributed by atoms with E-state index in [1.165, 1.54) is 0 Å². The SMILES string of the molecule is O=C(Nc1ccc(OC(F)(F)F)cc1)c1ccc(O)c(O)c1O. The van der Waals surface area contributed by atoms with E-state index in [2.05, 4.69) is 10.1 Å². The Morgan fingerprint density at radius 1 is 0.957 bits per heavy atom. The van der Waals surface area contributed by atoms with Gasteiger partial charge < -0.3 is 25.4 Å². The summed E-state index contributed by atoms with van der Waals surface area (Å²) in [5.41, 5.74) is -0.188. The van der Waals surface area contributed by atoms with Crippen molar-refractivity contribution in [2.24, 2.45) is 0 Å². The average molecular weight is 329 g/mol. The van der Waals surface area contributed by atoms with Crippen LogP contribution in [0.25, 0.3) is 0 Å². The van der Waals surface area contributed by atoms with Crippen LogP contribution in [0.15, 0.2) is 36.4 Å². The lowest BCUT2D eigenvalue weighted by Crippen LogP contribution is -2.17. The molecule has 4 N–H and O–H groups in total. The van der Waals surface area contributed by atoms with Gasteiger partial charge in [-0.15, -0.1) is 13.2 Å². The Bertz CT molecular complexity index is 728. The molecule has 0 saturated heterocycles. The number of phenols is 3. The van der Waals surface area contributed by atoms with Gasteiger partial charge >= 0.3 is 6.36 Å². The molecule has 0 atom stereocenters. The molecule has 0 aliphatic rings. The molecule has 0 bridgehead atoms. The summed E-state index contributed by atoms with van der Waals surface area (Å²) in [5.74, 6) is -3.57. The summed E-state index contributed by atoms with van der Waals surface area (Å²) in [6.45, 7) is 0. The molecule has 122 valence electrons. The van der Waals surface area contributed by atoms with Crippen molar-refractivity contribution in [1.82, 2.24) is 0 Å². The van der Waals surface area contributed by atoms with Crippen LogP contribution in [-0.2, 0) is 0 Å². The number of hydrogen-bond acceptors (Lipinski definition) is 5. The van der Waals surface area contributed by atoms with Gasteiger partial charge in [0.15, 0.2) is 11.5 Å². The van der Waals surface area contributed by atoms with Gasteiger partial charge in [0.1, 0.15) is 5.75 Å². The topological polar surface area (TPSA) is 99.0 Å². The van der Waals surface area contributed by atoms with Gasteiger partial charge in [-0.25, -0.2) is 0 Å². The maximum absolute atomic E-state index is 12.0. The molecule has 0 aromatic heterocycles. The van der Waals surface area contributed by atoms with Crippen molar-refractivity contribution >= 4 is 11.6 Å². The third-order valence-corrected chi connectivity index (χ3v) is 2.72. The smallest absolute Gasteiger partial charge is 0.504 e. The van der Waals surface area contributed by atoms with Crippen LogP contribution >= 0.6 is 0 Å². The number of nitrogens with one attached hydrogen (secondary N) is 1. The zero-order chi connectivity index (χ0) is 17.2. The number of ether oxygens (including phenoxy) is 1. The molecule has 2 aromatic rings. The largest absolute Gasteiger partial charge is 0.573 e. The first-order chi connectivity index (χ1) is 10.7. The highest BCUT2D eigenvalue weighted by Crippen LogP contribution is 2.37. The van der Waals surface area contributed by atoms with Crippen molar-refractivity contribution in [3.05, 3.63) is 42.0 Å². The number of amides is 1. The van der Waals surface area contributed by atoms with Crippen LogP contribution < -0.4 is 10.1 Å². The number of phenolic OH excluding ortho intramolecular Hbond substituents is 3. The second kappa shape index (κ2) is 5.95. The van der Waals surface area contributed by atoms with E-state index < -0.39 is 35.3 Å². The van der Waals surface area contributed by atoms with Gasteiger partial charge in [0, 0.05) is 5.69 Å². The minimum atomic E-state index is -4.82. The third kappa shape index (κ3) is 3.96. The van der Waals surface area contributed by atoms with E-state index >= 15 is 0 Å². The zero-order valence-electron chi connectivity index (χ0n) is 11.3. The van der Waals surface area contributed by atoms with E-state index in [1.54, 1.807) is 0 Å². The van der Waals surface area contributed by atoms with Crippen LogP contribution in [0.5, 0.6) is 23.0 Å². The molecular formula is C14H10F3NO5. The predicted octanol–water partition coefficient (Wildman–Crippen LogP) is 2.95. The summed E-state index contributed by atoms with van der Waals surface area (Å²) >= 11 is 0. The molecule has 6 nitrogen and oxygen atoms in total. The summed E-state index contributed by atoms with van der Waals surface area (Å²) in [7, 11) is 0. The Morgan fingerprint density at radius 2 is 1.57 bits per heavy atom. The van der Waals surface area contributed by atoms with E-state index in [-0.39, 0.29) is 11.3 Å². The highest BCUT2D eigenvalue weighted by molar-refractivity contribution is 6.06.